The van der Waals surface area contributed by atoms with Gasteiger partial charge < -0.3 is 9.64 Å². The molecule has 1 aromatic carbocycles. The molecule has 1 aliphatic rings. The first kappa shape index (κ1) is 20.4. The number of carbonyl (C=O) groups is 2. The van der Waals surface area contributed by atoms with Crippen LogP contribution in [0.1, 0.15) is 44.0 Å². The van der Waals surface area contributed by atoms with E-state index >= 15 is 0 Å². The van der Waals surface area contributed by atoms with Crippen molar-refractivity contribution in [2.75, 3.05) is 19.7 Å². The summed E-state index contributed by atoms with van der Waals surface area (Å²) < 4.78 is 31.8. The van der Waals surface area contributed by atoms with Crippen LogP contribution in [0.2, 0.25) is 0 Å². The third-order valence-electron chi connectivity index (χ3n) is 4.20. The monoisotopic (exact) mass is 382 g/mol. The predicted octanol–water partition coefficient (Wildman–Crippen LogP) is 1.79. The second-order valence-electron chi connectivity index (χ2n) is 6.62. The number of esters is 1. The standard InChI is InChI=1S/C18H26N2O5S/c1-4-25-18(22)15-9-11-20(12-10-15)17(21)14-5-7-16(8-6-14)26(23,24)19-13(2)3/h5-8,13,15,19H,4,9-12H2,1-3H3. The average molecular weight is 382 g/mol. The molecule has 2 rings (SSSR count). The van der Waals surface area contributed by atoms with Gasteiger partial charge in [-0.25, -0.2) is 13.1 Å². The molecule has 0 atom stereocenters. The van der Waals surface area contributed by atoms with Crippen LogP contribution in [0.4, 0.5) is 0 Å². The van der Waals surface area contributed by atoms with Gasteiger partial charge in [-0.2, -0.15) is 0 Å². The van der Waals surface area contributed by atoms with Crippen molar-refractivity contribution in [1.82, 2.24) is 9.62 Å². The fraction of sp³-hybridized carbons (Fsp3) is 0.556. The zero-order valence-corrected chi connectivity index (χ0v) is 16.2. The second kappa shape index (κ2) is 8.64. The summed E-state index contributed by atoms with van der Waals surface area (Å²) in [5.41, 5.74) is 0.433. The van der Waals surface area contributed by atoms with Crippen LogP contribution in [0.15, 0.2) is 29.2 Å². The molecule has 1 heterocycles. The number of rotatable bonds is 6. The Morgan fingerprint density at radius 2 is 1.77 bits per heavy atom. The number of carbonyl (C=O) groups excluding carboxylic acids is 2. The van der Waals surface area contributed by atoms with Gasteiger partial charge in [-0.05, 0) is 57.9 Å². The smallest absolute Gasteiger partial charge is 0.309 e. The molecule has 1 amide bonds. The Morgan fingerprint density at radius 3 is 2.27 bits per heavy atom. The topological polar surface area (TPSA) is 92.8 Å². The fourth-order valence-electron chi connectivity index (χ4n) is 2.92. The SMILES string of the molecule is CCOC(=O)C1CCN(C(=O)c2ccc(S(=O)(=O)NC(C)C)cc2)CC1. The number of ether oxygens (including phenoxy) is 1. The van der Waals surface area contributed by atoms with Crippen LogP contribution in [-0.2, 0) is 19.6 Å². The molecule has 7 nitrogen and oxygen atoms in total. The number of amides is 1. The van der Waals surface area contributed by atoms with E-state index in [1.54, 1.807) is 25.7 Å². The van der Waals surface area contributed by atoms with Gasteiger partial charge in [0.15, 0.2) is 0 Å². The van der Waals surface area contributed by atoms with E-state index in [4.69, 9.17) is 4.74 Å². The highest BCUT2D eigenvalue weighted by molar-refractivity contribution is 7.89. The summed E-state index contributed by atoms with van der Waals surface area (Å²) >= 11 is 0. The number of nitrogens with zero attached hydrogens (tertiary/aromatic N) is 1. The molecule has 1 fully saturated rings. The Balaban J connectivity index is 2.00. The van der Waals surface area contributed by atoms with E-state index in [1.165, 1.54) is 24.3 Å². The second-order valence-corrected chi connectivity index (χ2v) is 8.33. The van der Waals surface area contributed by atoms with E-state index in [9.17, 15) is 18.0 Å². The van der Waals surface area contributed by atoms with Crippen molar-refractivity contribution in [3.63, 3.8) is 0 Å². The first-order valence-corrected chi connectivity index (χ1v) is 10.3. The molecule has 8 heteroatoms. The minimum atomic E-state index is -3.58. The number of hydrogen-bond acceptors (Lipinski definition) is 5. The molecule has 1 aliphatic heterocycles. The molecule has 0 spiro atoms. The molecule has 1 saturated heterocycles. The average Bonchev–Trinajstić information content (AvgIpc) is 2.60. The lowest BCUT2D eigenvalue weighted by molar-refractivity contribution is -0.149. The van der Waals surface area contributed by atoms with Crippen LogP contribution in [0.25, 0.3) is 0 Å². The maximum atomic E-state index is 12.6. The molecule has 0 bridgehead atoms. The zero-order valence-electron chi connectivity index (χ0n) is 15.4. The molecule has 0 saturated carbocycles. The largest absolute Gasteiger partial charge is 0.466 e. The molecule has 26 heavy (non-hydrogen) atoms. The van der Waals surface area contributed by atoms with Crippen LogP contribution in [0.5, 0.6) is 0 Å². The summed E-state index contributed by atoms with van der Waals surface area (Å²) in [6.45, 7) is 6.59. The van der Waals surface area contributed by atoms with Crippen LogP contribution < -0.4 is 4.72 Å². The number of hydrogen-bond donors (Lipinski definition) is 1. The minimum Gasteiger partial charge on any atom is -0.466 e. The van der Waals surface area contributed by atoms with Gasteiger partial charge in [0.05, 0.1) is 17.4 Å². The van der Waals surface area contributed by atoms with Gasteiger partial charge >= 0.3 is 5.97 Å². The number of piperidine rings is 1. The number of likely N-dealkylation sites (tertiary alicyclic amines) is 1. The first-order chi connectivity index (χ1) is 12.2. The van der Waals surface area contributed by atoms with E-state index < -0.39 is 10.0 Å². The van der Waals surface area contributed by atoms with Crippen molar-refractivity contribution in [3.05, 3.63) is 29.8 Å². The molecule has 1 aromatic rings. The molecular weight excluding hydrogens is 356 g/mol. The quantitative estimate of drug-likeness (QED) is 0.757. The van der Waals surface area contributed by atoms with Gasteiger partial charge in [-0.15, -0.1) is 0 Å². The molecule has 0 aromatic heterocycles. The number of nitrogens with one attached hydrogen (secondary N) is 1. The van der Waals surface area contributed by atoms with Crippen LogP contribution in [0, 0.1) is 5.92 Å². The van der Waals surface area contributed by atoms with Gasteiger partial charge in [0.2, 0.25) is 10.0 Å². The number of sulfonamides is 1. The highest BCUT2D eigenvalue weighted by Gasteiger charge is 2.28. The van der Waals surface area contributed by atoms with Crippen LogP contribution in [0.3, 0.4) is 0 Å². The number of benzene rings is 1. The van der Waals surface area contributed by atoms with Crippen molar-refractivity contribution in [1.29, 1.82) is 0 Å². The molecule has 1 N–H and O–H groups in total. The van der Waals surface area contributed by atoms with Gasteiger partial charge in [0, 0.05) is 24.7 Å². The van der Waals surface area contributed by atoms with E-state index in [2.05, 4.69) is 4.72 Å². The normalized spacial score (nSPS) is 15.9. The molecule has 144 valence electrons. The Kier molecular flexibility index (Phi) is 6.77. The van der Waals surface area contributed by atoms with E-state index in [0.29, 0.717) is 38.1 Å². The predicted molar refractivity (Wildman–Crippen MR) is 97.2 cm³/mol. The Labute approximate surface area is 154 Å². The molecular formula is C18H26N2O5S. The van der Waals surface area contributed by atoms with Crippen molar-refractivity contribution in [2.24, 2.45) is 5.92 Å². The van der Waals surface area contributed by atoms with Crippen molar-refractivity contribution < 1.29 is 22.7 Å². The summed E-state index contributed by atoms with van der Waals surface area (Å²) in [7, 11) is -3.58. The van der Waals surface area contributed by atoms with Crippen molar-refractivity contribution in [2.45, 2.75) is 44.6 Å². The fourth-order valence-corrected chi connectivity index (χ4v) is 4.17. The summed E-state index contributed by atoms with van der Waals surface area (Å²) in [5, 5.41) is 0. The highest BCUT2D eigenvalue weighted by Crippen LogP contribution is 2.21. The van der Waals surface area contributed by atoms with Gasteiger partial charge in [0.25, 0.3) is 5.91 Å². The van der Waals surface area contributed by atoms with E-state index in [0.717, 1.165) is 0 Å². The minimum absolute atomic E-state index is 0.128. The van der Waals surface area contributed by atoms with Crippen LogP contribution in [-0.4, -0.2) is 50.9 Å². The van der Waals surface area contributed by atoms with Gasteiger partial charge in [0.1, 0.15) is 0 Å². The van der Waals surface area contributed by atoms with Gasteiger partial charge in [-0.3, -0.25) is 9.59 Å². The van der Waals surface area contributed by atoms with E-state index in [-0.39, 0.29) is 28.7 Å². The third kappa shape index (κ3) is 5.04. The van der Waals surface area contributed by atoms with Crippen molar-refractivity contribution >= 4 is 21.9 Å². The van der Waals surface area contributed by atoms with Crippen molar-refractivity contribution in [3.8, 4) is 0 Å². The summed E-state index contributed by atoms with van der Waals surface area (Å²) in [6, 6.07) is 5.71. The summed E-state index contributed by atoms with van der Waals surface area (Å²) in [4.78, 5) is 26.2. The maximum absolute atomic E-state index is 12.6. The summed E-state index contributed by atoms with van der Waals surface area (Å²) in [6.07, 6.45) is 1.16. The summed E-state index contributed by atoms with van der Waals surface area (Å²) in [5.74, 6) is -0.520. The maximum Gasteiger partial charge on any atom is 0.309 e. The Hall–Kier alpha value is -1.93. The van der Waals surface area contributed by atoms with Gasteiger partial charge in [-0.1, -0.05) is 0 Å². The Bertz CT molecular complexity index is 735. The molecule has 0 radical (unpaired) electrons. The van der Waals surface area contributed by atoms with Crippen LogP contribution >= 0.6 is 0 Å². The lowest BCUT2D eigenvalue weighted by Crippen LogP contribution is -2.40. The Morgan fingerprint density at radius 1 is 1.19 bits per heavy atom. The lowest BCUT2D eigenvalue weighted by Gasteiger charge is -2.31. The molecule has 0 unspecified atom stereocenters. The third-order valence-corrected chi connectivity index (χ3v) is 5.88. The van der Waals surface area contributed by atoms with E-state index in [1.807, 2.05) is 0 Å². The first-order valence-electron chi connectivity index (χ1n) is 8.83. The highest BCUT2D eigenvalue weighted by atomic mass is 32.2. The molecule has 0 aliphatic carbocycles. The lowest BCUT2D eigenvalue weighted by atomic mass is 9.96. The zero-order chi connectivity index (χ0) is 19.3.